The molecule has 1 aromatic carbocycles. The number of hydrogen-bond acceptors (Lipinski definition) is 5. The average Bonchev–Trinajstić information content (AvgIpc) is 2.68. The maximum absolute atomic E-state index is 12.3. The zero-order chi connectivity index (χ0) is 15.7. The normalized spacial score (nSPS) is 15.5. The molecule has 0 saturated carbocycles. The van der Waals surface area contributed by atoms with Crippen molar-refractivity contribution in [1.82, 2.24) is 4.90 Å². The number of fused-ring (bicyclic) bond motifs is 1. The molecule has 1 aliphatic rings. The van der Waals surface area contributed by atoms with Crippen molar-refractivity contribution >= 4 is 30.1 Å². The first kappa shape index (κ1) is 15.5. The van der Waals surface area contributed by atoms with Crippen molar-refractivity contribution in [3.05, 3.63) is 39.4 Å². The Morgan fingerprint density at radius 2 is 1.86 bits per heavy atom. The number of non-ortho nitro benzene ring substituents is 1. The number of amides is 2. The zero-order valence-electron chi connectivity index (χ0n) is 11.8. The van der Waals surface area contributed by atoms with Gasteiger partial charge < -0.3 is 0 Å². The van der Waals surface area contributed by atoms with E-state index in [1.54, 1.807) is 0 Å². The minimum Gasteiger partial charge on any atom is -0.274 e. The van der Waals surface area contributed by atoms with Gasteiger partial charge in [0.1, 0.15) is 0 Å². The van der Waals surface area contributed by atoms with Crippen LogP contribution >= 0.6 is 12.6 Å². The fourth-order valence-corrected chi connectivity index (χ4v) is 2.81. The van der Waals surface area contributed by atoms with E-state index in [2.05, 4.69) is 12.6 Å². The largest absolute Gasteiger partial charge is 0.274 e. The summed E-state index contributed by atoms with van der Waals surface area (Å²) in [6.45, 7) is 4.29. The zero-order valence-corrected chi connectivity index (χ0v) is 12.7. The predicted octanol–water partition coefficient (Wildman–Crippen LogP) is 2.39. The lowest BCUT2D eigenvalue weighted by Gasteiger charge is -2.23. The van der Waals surface area contributed by atoms with Crippen LogP contribution in [-0.4, -0.2) is 33.9 Å². The molecule has 21 heavy (non-hydrogen) atoms. The Morgan fingerprint density at radius 1 is 1.24 bits per heavy atom. The molecular formula is C14H16N2O4S. The van der Waals surface area contributed by atoms with Gasteiger partial charge in [0, 0.05) is 18.7 Å². The molecule has 0 aromatic heterocycles. The van der Waals surface area contributed by atoms with E-state index in [1.165, 1.54) is 18.2 Å². The molecule has 2 rings (SSSR count). The van der Waals surface area contributed by atoms with Crippen LogP contribution in [0.15, 0.2) is 18.2 Å². The fraction of sp³-hybridized carbons (Fsp3) is 0.429. The summed E-state index contributed by atoms with van der Waals surface area (Å²) in [4.78, 5) is 35.9. The quantitative estimate of drug-likeness (QED) is 0.392. The molecule has 1 aliphatic heterocycles. The van der Waals surface area contributed by atoms with Crippen LogP contribution in [0, 0.1) is 22.0 Å². The van der Waals surface area contributed by atoms with E-state index in [0.717, 1.165) is 4.90 Å². The molecule has 112 valence electrons. The van der Waals surface area contributed by atoms with Crippen LogP contribution in [0.25, 0.3) is 0 Å². The fourth-order valence-electron chi connectivity index (χ4n) is 2.27. The monoisotopic (exact) mass is 308 g/mol. The number of carbonyl (C=O) groups is 2. The Kier molecular flexibility index (Phi) is 4.32. The summed E-state index contributed by atoms with van der Waals surface area (Å²) in [7, 11) is 0. The van der Waals surface area contributed by atoms with Gasteiger partial charge in [0.05, 0.1) is 16.1 Å². The summed E-state index contributed by atoms with van der Waals surface area (Å²) in [6.07, 6.45) is 0. The second kappa shape index (κ2) is 5.85. The highest BCUT2D eigenvalue weighted by atomic mass is 32.1. The van der Waals surface area contributed by atoms with E-state index in [9.17, 15) is 19.7 Å². The first-order valence-corrected chi connectivity index (χ1v) is 7.25. The number of carbonyl (C=O) groups excluding carboxylic acids is 2. The molecule has 6 nitrogen and oxygen atoms in total. The maximum Gasteiger partial charge on any atom is 0.270 e. The summed E-state index contributed by atoms with van der Waals surface area (Å²) in [5, 5.41) is 10.8. The Hall–Kier alpha value is -1.89. The van der Waals surface area contributed by atoms with Crippen LogP contribution in [0.5, 0.6) is 0 Å². The summed E-state index contributed by atoms with van der Waals surface area (Å²) < 4.78 is 0. The van der Waals surface area contributed by atoms with Gasteiger partial charge in [-0.2, -0.15) is 12.6 Å². The first-order chi connectivity index (χ1) is 9.86. The molecule has 2 amide bonds. The Bertz CT molecular complexity index is 615. The number of hydrogen-bond donors (Lipinski definition) is 1. The van der Waals surface area contributed by atoms with Gasteiger partial charge in [-0.25, -0.2) is 0 Å². The van der Waals surface area contributed by atoms with E-state index < -0.39 is 16.7 Å². The number of nitrogens with zero attached hydrogens (tertiary/aromatic N) is 2. The molecule has 7 heteroatoms. The van der Waals surface area contributed by atoms with Crippen molar-refractivity contribution in [1.29, 1.82) is 0 Å². The molecule has 0 N–H and O–H groups in total. The summed E-state index contributed by atoms with van der Waals surface area (Å²) in [5.41, 5.74) is 0.148. The minimum atomic E-state index is -0.578. The molecule has 1 atom stereocenters. The van der Waals surface area contributed by atoms with Gasteiger partial charge in [-0.15, -0.1) is 0 Å². The van der Waals surface area contributed by atoms with Crippen molar-refractivity contribution in [2.24, 2.45) is 11.8 Å². The second-order valence-corrected chi connectivity index (χ2v) is 5.76. The van der Waals surface area contributed by atoms with Crippen LogP contribution in [-0.2, 0) is 0 Å². The highest BCUT2D eigenvalue weighted by Crippen LogP contribution is 2.28. The van der Waals surface area contributed by atoms with Gasteiger partial charge in [0.15, 0.2) is 0 Å². The highest BCUT2D eigenvalue weighted by molar-refractivity contribution is 7.80. The molecular weight excluding hydrogens is 292 g/mol. The molecule has 0 bridgehead atoms. The lowest BCUT2D eigenvalue weighted by atomic mass is 9.97. The van der Waals surface area contributed by atoms with E-state index in [0.29, 0.717) is 5.75 Å². The lowest BCUT2D eigenvalue weighted by molar-refractivity contribution is -0.384. The van der Waals surface area contributed by atoms with Crippen LogP contribution in [0.3, 0.4) is 0 Å². The topological polar surface area (TPSA) is 80.5 Å². The lowest BCUT2D eigenvalue weighted by Crippen LogP contribution is -2.36. The number of rotatable bonds is 5. The van der Waals surface area contributed by atoms with E-state index >= 15 is 0 Å². The SMILES string of the molecule is CC(C)C(CS)CN1C(=O)c2ccc([N+](=O)[O-])cc2C1=O. The van der Waals surface area contributed by atoms with Crippen LogP contribution in [0.1, 0.15) is 34.6 Å². The van der Waals surface area contributed by atoms with Gasteiger partial charge in [-0.1, -0.05) is 13.8 Å². The van der Waals surface area contributed by atoms with Crippen molar-refractivity contribution in [2.45, 2.75) is 13.8 Å². The molecule has 0 aliphatic carbocycles. The molecule has 0 fully saturated rings. The Labute approximate surface area is 127 Å². The molecule has 1 heterocycles. The van der Waals surface area contributed by atoms with Gasteiger partial charge >= 0.3 is 0 Å². The number of nitro benzene ring substituents is 1. The number of nitro groups is 1. The van der Waals surface area contributed by atoms with E-state index in [4.69, 9.17) is 0 Å². The van der Waals surface area contributed by atoms with Gasteiger partial charge in [-0.05, 0) is 23.7 Å². The molecule has 0 saturated heterocycles. The first-order valence-electron chi connectivity index (χ1n) is 6.62. The Balaban J connectivity index is 2.32. The van der Waals surface area contributed by atoms with Crippen molar-refractivity contribution in [3.8, 4) is 0 Å². The highest BCUT2D eigenvalue weighted by Gasteiger charge is 2.37. The van der Waals surface area contributed by atoms with Gasteiger partial charge in [0.2, 0.25) is 0 Å². The average molecular weight is 308 g/mol. The number of benzene rings is 1. The van der Waals surface area contributed by atoms with E-state index in [-0.39, 0.29) is 35.2 Å². The van der Waals surface area contributed by atoms with Crippen LogP contribution < -0.4 is 0 Å². The van der Waals surface area contributed by atoms with Crippen LogP contribution in [0.2, 0.25) is 0 Å². The van der Waals surface area contributed by atoms with Crippen molar-refractivity contribution in [2.75, 3.05) is 12.3 Å². The van der Waals surface area contributed by atoms with Crippen molar-refractivity contribution < 1.29 is 14.5 Å². The predicted molar refractivity (Wildman–Crippen MR) is 80.6 cm³/mol. The smallest absolute Gasteiger partial charge is 0.270 e. The number of thiol groups is 1. The maximum atomic E-state index is 12.3. The third kappa shape index (κ3) is 2.78. The Morgan fingerprint density at radius 3 is 2.38 bits per heavy atom. The molecule has 0 spiro atoms. The third-order valence-corrected chi connectivity index (χ3v) is 4.23. The second-order valence-electron chi connectivity index (χ2n) is 5.39. The standard InChI is InChI=1S/C14H16N2O4S/c1-8(2)9(7-21)6-15-13(17)11-4-3-10(16(19)20)5-12(11)14(15)18/h3-5,8-9,21H,6-7H2,1-2H3. The molecule has 1 aromatic rings. The summed E-state index contributed by atoms with van der Waals surface area (Å²) in [5.74, 6) is 0.0701. The third-order valence-electron chi connectivity index (χ3n) is 3.76. The summed E-state index contributed by atoms with van der Waals surface area (Å²) in [6, 6.07) is 3.76. The minimum absolute atomic E-state index is 0.0885. The van der Waals surface area contributed by atoms with Crippen LogP contribution in [0.4, 0.5) is 5.69 Å². The molecule has 0 radical (unpaired) electrons. The van der Waals surface area contributed by atoms with Crippen molar-refractivity contribution in [3.63, 3.8) is 0 Å². The van der Waals surface area contributed by atoms with Gasteiger partial charge in [0.25, 0.3) is 17.5 Å². The van der Waals surface area contributed by atoms with Gasteiger partial charge in [-0.3, -0.25) is 24.6 Å². The molecule has 1 unspecified atom stereocenters. The number of imide groups is 1. The summed E-state index contributed by atoms with van der Waals surface area (Å²) >= 11 is 4.25. The van der Waals surface area contributed by atoms with E-state index in [1.807, 2.05) is 13.8 Å².